The van der Waals surface area contributed by atoms with Gasteiger partial charge in [0, 0.05) is 67.7 Å². The molecule has 4 nitrogen and oxygen atoms in total. The van der Waals surface area contributed by atoms with E-state index in [1.165, 1.54) is 21.5 Å². The second-order valence-electron chi connectivity index (χ2n) is 21.0. The highest BCUT2D eigenvalue weighted by atomic mass is 15.2. The highest BCUT2D eigenvalue weighted by molar-refractivity contribution is 6.01. The van der Waals surface area contributed by atoms with Crippen molar-refractivity contribution >= 4 is 84.1 Å². The first-order valence-electron chi connectivity index (χ1n) is 28.8. The lowest BCUT2D eigenvalue weighted by Gasteiger charge is -2.28. The van der Waals surface area contributed by atoms with Gasteiger partial charge in [-0.05, 0) is 185 Å². The SMILES string of the molecule is C/C=C\C=C(/C)N(c1ccccc1)c1ccc(-c2ccc(N(c3ccc(-c4ccc(N(c5ccc(-c6ccc(N(c7ccccc7)c7ccccc7)cc6)cc5)c5cccc6ccccc56)cc4)cc3)c3cccc4ccccc34)cc2)cc1. The van der Waals surface area contributed by atoms with Crippen LogP contribution < -0.4 is 19.6 Å². The Morgan fingerprint density at radius 3 is 0.857 bits per heavy atom. The van der Waals surface area contributed by atoms with Crippen LogP contribution in [0.3, 0.4) is 0 Å². The van der Waals surface area contributed by atoms with Crippen molar-refractivity contribution in [3.63, 3.8) is 0 Å². The number of allylic oxidation sites excluding steroid dienone is 4. The van der Waals surface area contributed by atoms with E-state index in [9.17, 15) is 0 Å². The van der Waals surface area contributed by atoms with Crippen LogP contribution in [-0.4, -0.2) is 0 Å². The van der Waals surface area contributed by atoms with E-state index in [2.05, 4.69) is 366 Å². The van der Waals surface area contributed by atoms with Crippen molar-refractivity contribution in [3.05, 3.63) is 345 Å². The molecule has 13 rings (SSSR count). The number of rotatable bonds is 16. The Labute approximate surface area is 493 Å². The van der Waals surface area contributed by atoms with Gasteiger partial charge in [-0.2, -0.15) is 0 Å². The second-order valence-corrected chi connectivity index (χ2v) is 21.0. The van der Waals surface area contributed by atoms with Crippen LogP contribution in [-0.2, 0) is 0 Å². The first kappa shape index (κ1) is 52.4. The Hall–Kier alpha value is -10.9. The van der Waals surface area contributed by atoms with E-state index < -0.39 is 0 Å². The average molecular weight is 1080 g/mol. The fourth-order valence-electron chi connectivity index (χ4n) is 11.5. The summed E-state index contributed by atoms with van der Waals surface area (Å²) >= 11 is 0. The van der Waals surface area contributed by atoms with Crippen LogP contribution in [0.4, 0.5) is 62.6 Å². The van der Waals surface area contributed by atoms with Crippen molar-refractivity contribution in [2.45, 2.75) is 13.8 Å². The number of hydrogen-bond donors (Lipinski definition) is 0. The van der Waals surface area contributed by atoms with Crippen molar-refractivity contribution in [1.82, 2.24) is 0 Å². The summed E-state index contributed by atoms with van der Waals surface area (Å²) in [6.07, 6.45) is 6.30. The lowest BCUT2D eigenvalue weighted by Crippen LogP contribution is -2.14. The van der Waals surface area contributed by atoms with Gasteiger partial charge in [0.2, 0.25) is 0 Å². The second kappa shape index (κ2) is 24.0. The molecule has 0 fully saturated rings. The summed E-state index contributed by atoms with van der Waals surface area (Å²) in [5.74, 6) is 0. The van der Waals surface area contributed by atoms with Gasteiger partial charge in [-0.1, -0.05) is 212 Å². The zero-order valence-corrected chi connectivity index (χ0v) is 47.1. The lowest BCUT2D eigenvalue weighted by atomic mass is 10.0. The van der Waals surface area contributed by atoms with Gasteiger partial charge in [0.05, 0.1) is 11.4 Å². The molecule has 0 saturated carbocycles. The van der Waals surface area contributed by atoms with Crippen LogP contribution in [0.15, 0.2) is 345 Å². The molecule has 0 saturated heterocycles. The van der Waals surface area contributed by atoms with E-state index >= 15 is 0 Å². The Morgan fingerprint density at radius 1 is 0.250 bits per heavy atom. The number of hydrogen-bond acceptors (Lipinski definition) is 4. The molecule has 0 aromatic heterocycles. The molecule has 0 aliphatic heterocycles. The third-order valence-corrected chi connectivity index (χ3v) is 15.7. The minimum Gasteiger partial charge on any atom is -0.315 e. The minimum atomic E-state index is 1.08. The standard InChI is InChI=1S/C80H62N4/c1-3-4-20-59(2)81(68-25-8-5-9-26-68)71-47-35-60(36-48-71)62-39-51-73(52-40-62)83(79-33-18-23-66-21-14-16-31-77(66)79)75-55-43-64(44-56-75)65-45-57-76(58-46-65)84(80-34-19-24-67-22-15-17-32-78(67)80)74-53-41-63(42-54-74)61-37-49-72(50-38-61)82(69-27-10-6-11-28-69)70-29-12-7-13-30-70/h3-58H,1-2H3/b4-3-,59-20+. The molecule has 4 heteroatoms. The fraction of sp³-hybridized carbons (Fsp3) is 0.0250. The Balaban J connectivity index is 0.790. The zero-order valence-electron chi connectivity index (χ0n) is 47.1. The summed E-state index contributed by atoms with van der Waals surface area (Å²) in [6.45, 7) is 4.20. The molecule has 0 spiro atoms. The smallest absolute Gasteiger partial charge is 0.0540 e. The Morgan fingerprint density at radius 2 is 0.512 bits per heavy atom. The third kappa shape index (κ3) is 10.9. The van der Waals surface area contributed by atoms with E-state index in [-0.39, 0.29) is 0 Å². The van der Waals surface area contributed by atoms with E-state index in [0.717, 1.165) is 102 Å². The van der Waals surface area contributed by atoms with Gasteiger partial charge in [-0.15, -0.1) is 0 Å². The van der Waals surface area contributed by atoms with Gasteiger partial charge < -0.3 is 19.6 Å². The van der Waals surface area contributed by atoms with Gasteiger partial charge in [0.25, 0.3) is 0 Å². The van der Waals surface area contributed by atoms with Crippen LogP contribution in [0, 0.1) is 0 Å². The summed E-state index contributed by atoms with van der Waals surface area (Å²) in [7, 11) is 0. The molecule has 0 aliphatic carbocycles. The molecule has 0 heterocycles. The van der Waals surface area contributed by atoms with E-state index in [0.29, 0.717) is 0 Å². The van der Waals surface area contributed by atoms with Crippen molar-refractivity contribution in [1.29, 1.82) is 0 Å². The maximum Gasteiger partial charge on any atom is 0.0540 e. The normalized spacial score (nSPS) is 11.5. The zero-order chi connectivity index (χ0) is 56.6. The van der Waals surface area contributed by atoms with Crippen molar-refractivity contribution < 1.29 is 0 Å². The van der Waals surface area contributed by atoms with E-state index in [4.69, 9.17) is 0 Å². The summed E-state index contributed by atoms with van der Waals surface area (Å²) in [5.41, 5.74) is 20.2. The molecule has 0 aliphatic rings. The first-order valence-corrected chi connectivity index (χ1v) is 28.8. The van der Waals surface area contributed by atoms with Crippen LogP contribution in [0.5, 0.6) is 0 Å². The number of para-hydroxylation sites is 3. The third-order valence-electron chi connectivity index (χ3n) is 15.7. The predicted octanol–water partition coefficient (Wildman–Crippen LogP) is 23.0. The van der Waals surface area contributed by atoms with Gasteiger partial charge in [-0.3, -0.25) is 0 Å². The van der Waals surface area contributed by atoms with Crippen LogP contribution in [0.2, 0.25) is 0 Å². The molecule has 402 valence electrons. The molecule has 0 radical (unpaired) electrons. The monoisotopic (exact) mass is 1080 g/mol. The molecule has 13 aromatic carbocycles. The summed E-state index contributed by atoms with van der Waals surface area (Å²) < 4.78 is 0. The summed E-state index contributed by atoms with van der Waals surface area (Å²) in [5, 5.41) is 4.77. The molecule has 0 atom stereocenters. The molecular formula is C80H62N4. The predicted molar refractivity (Wildman–Crippen MR) is 359 cm³/mol. The molecule has 0 unspecified atom stereocenters. The minimum absolute atomic E-state index is 1.08. The number of fused-ring (bicyclic) bond motifs is 2. The first-order chi connectivity index (χ1) is 41.5. The van der Waals surface area contributed by atoms with Gasteiger partial charge in [-0.25, -0.2) is 0 Å². The van der Waals surface area contributed by atoms with Crippen LogP contribution in [0.1, 0.15) is 13.8 Å². The lowest BCUT2D eigenvalue weighted by molar-refractivity contribution is 1.16. The summed E-state index contributed by atoms with van der Waals surface area (Å²) in [4.78, 5) is 9.36. The molecule has 0 bridgehead atoms. The molecule has 13 aromatic rings. The quantitative estimate of drug-likeness (QED) is 0.0894. The molecular weight excluding hydrogens is 1020 g/mol. The number of anilines is 11. The molecule has 0 amide bonds. The van der Waals surface area contributed by atoms with Crippen LogP contribution >= 0.6 is 0 Å². The number of nitrogens with zero attached hydrogens (tertiary/aromatic N) is 4. The Kier molecular flexibility index (Phi) is 15.0. The maximum atomic E-state index is 2.38. The summed E-state index contributed by atoms with van der Waals surface area (Å²) in [6, 6.07) is 116. The fourth-order valence-corrected chi connectivity index (χ4v) is 11.5. The van der Waals surface area contributed by atoms with Gasteiger partial charge in [0.15, 0.2) is 0 Å². The number of benzene rings is 13. The van der Waals surface area contributed by atoms with E-state index in [1.54, 1.807) is 0 Å². The largest absolute Gasteiger partial charge is 0.315 e. The van der Waals surface area contributed by atoms with Crippen LogP contribution in [0.25, 0.3) is 54.9 Å². The maximum absolute atomic E-state index is 2.38. The van der Waals surface area contributed by atoms with Gasteiger partial charge >= 0.3 is 0 Å². The average Bonchev–Trinajstić information content (AvgIpc) is 3.46. The molecule has 0 N–H and O–H groups in total. The van der Waals surface area contributed by atoms with E-state index in [1.807, 2.05) is 6.92 Å². The van der Waals surface area contributed by atoms with Crippen molar-refractivity contribution in [2.24, 2.45) is 0 Å². The van der Waals surface area contributed by atoms with Crippen molar-refractivity contribution in [3.8, 4) is 33.4 Å². The topological polar surface area (TPSA) is 13.0 Å². The molecule has 84 heavy (non-hydrogen) atoms. The highest BCUT2D eigenvalue weighted by Gasteiger charge is 2.20. The highest BCUT2D eigenvalue weighted by Crippen LogP contribution is 2.44. The van der Waals surface area contributed by atoms with Gasteiger partial charge in [0.1, 0.15) is 0 Å². The Bertz CT molecular complexity index is 4340. The van der Waals surface area contributed by atoms with Crippen molar-refractivity contribution in [2.75, 3.05) is 19.6 Å².